The second-order valence-corrected chi connectivity index (χ2v) is 5.70. The number of hydrogen-bond donors (Lipinski definition) is 3. The van der Waals surface area contributed by atoms with E-state index in [-0.39, 0.29) is 41.1 Å². The quantitative estimate of drug-likeness (QED) is 0.297. The van der Waals surface area contributed by atoms with E-state index in [0.29, 0.717) is 0 Å². The molecular weight excluding hydrogens is 336 g/mol. The molecule has 0 saturated heterocycles. The molecule has 3 aromatic heterocycles. The van der Waals surface area contributed by atoms with Gasteiger partial charge in [0.1, 0.15) is 5.52 Å². The van der Waals surface area contributed by atoms with Gasteiger partial charge in [0.15, 0.2) is 16.5 Å². The highest BCUT2D eigenvalue weighted by Crippen LogP contribution is 2.23. The SMILES string of the molecule is Cn1c(=O)n(CCO)c2nc(N)nc(N(N)C(=O)c3nccs3)c21. The van der Waals surface area contributed by atoms with Crippen LogP contribution in [0.25, 0.3) is 11.2 Å². The molecule has 0 aliphatic heterocycles. The van der Waals surface area contributed by atoms with Crippen molar-refractivity contribution in [2.45, 2.75) is 6.54 Å². The zero-order valence-electron chi connectivity index (χ0n) is 12.6. The maximum Gasteiger partial charge on any atom is 0.330 e. The molecule has 0 unspecified atom stereocenters. The van der Waals surface area contributed by atoms with Crippen LogP contribution in [0.3, 0.4) is 0 Å². The van der Waals surface area contributed by atoms with E-state index in [1.165, 1.54) is 22.4 Å². The Bertz CT molecular complexity index is 961. The molecule has 0 aliphatic carbocycles. The number of nitrogen functional groups attached to an aromatic ring is 1. The number of fused-ring (bicyclic) bond motifs is 1. The Morgan fingerprint density at radius 3 is 2.83 bits per heavy atom. The topological polar surface area (TPSA) is 158 Å². The first-order valence-corrected chi connectivity index (χ1v) is 7.66. The van der Waals surface area contributed by atoms with Crippen molar-refractivity contribution in [2.24, 2.45) is 12.9 Å². The summed E-state index contributed by atoms with van der Waals surface area (Å²) in [6, 6.07) is 0. The van der Waals surface area contributed by atoms with E-state index < -0.39 is 11.6 Å². The van der Waals surface area contributed by atoms with Gasteiger partial charge in [-0.15, -0.1) is 11.3 Å². The number of carbonyl (C=O) groups is 1. The molecule has 12 heteroatoms. The van der Waals surface area contributed by atoms with Crippen molar-refractivity contribution >= 4 is 40.2 Å². The number of thiazole rings is 1. The predicted octanol–water partition coefficient (Wildman–Crippen LogP) is -1.32. The molecule has 0 aromatic carbocycles. The van der Waals surface area contributed by atoms with Crippen LogP contribution in [0.15, 0.2) is 16.4 Å². The number of aryl methyl sites for hydroxylation is 1. The third kappa shape index (κ3) is 2.42. The Kier molecular flexibility index (Phi) is 4.01. The standard InChI is InChI=1S/C12H14N8O3S/c1-18-6-7(19(3-4-21)12(18)23)16-11(13)17-8(6)20(14)10(22)9-15-2-5-24-9/h2,5,21H,3-4,14H2,1H3,(H2,13,16,17). The van der Waals surface area contributed by atoms with Crippen LogP contribution in [0.5, 0.6) is 0 Å². The Morgan fingerprint density at radius 1 is 1.46 bits per heavy atom. The Hall–Kier alpha value is -2.83. The summed E-state index contributed by atoms with van der Waals surface area (Å²) < 4.78 is 2.48. The van der Waals surface area contributed by atoms with E-state index in [9.17, 15) is 9.59 Å². The van der Waals surface area contributed by atoms with Gasteiger partial charge in [0, 0.05) is 18.6 Å². The van der Waals surface area contributed by atoms with Gasteiger partial charge in [-0.2, -0.15) is 9.97 Å². The van der Waals surface area contributed by atoms with E-state index in [4.69, 9.17) is 16.7 Å². The van der Waals surface area contributed by atoms with Crippen molar-refractivity contribution in [3.63, 3.8) is 0 Å². The van der Waals surface area contributed by atoms with Gasteiger partial charge < -0.3 is 10.8 Å². The molecule has 3 heterocycles. The Balaban J connectivity index is 2.23. The minimum Gasteiger partial charge on any atom is -0.395 e. The van der Waals surface area contributed by atoms with Gasteiger partial charge in [0.25, 0.3) is 0 Å². The lowest BCUT2D eigenvalue weighted by atomic mass is 10.4. The summed E-state index contributed by atoms with van der Waals surface area (Å²) in [6.07, 6.45) is 1.48. The molecule has 24 heavy (non-hydrogen) atoms. The minimum absolute atomic E-state index is 0.0195. The smallest absolute Gasteiger partial charge is 0.330 e. The van der Waals surface area contributed by atoms with Gasteiger partial charge in [-0.1, -0.05) is 0 Å². The van der Waals surface area contributed by atoms with Gasteiger partial charge in [-0.3, -0.25) is 13.9 Å². The summed E-state index contributed by atoms with van der Waals surface area (Å²) in [7, 11) is 1.49. The number of aliphatic hydroxyl groups is 1. The van der Waals surface area contributed by atoms with Crippen LogP contribution in [0.2, 0.25) is 0 Å². The molecule has 0 atom stereocenters. The van der Waals surface area contributed by atoms with Gasteiger partial charge in [-0.25, -0.2) is 20.6 Å². The molecule has 11 nitrogen and oxygen atoms in total. The highest BCUT2D eigenvalue weighted by molar-refractivity contribution is 7.11. The summed E-state index contributed by atoms with van der Waals surface area (Å²) >= 11 is 1.12. The third-order valence-corrected chi connectivity index (χ3v) is 4.12. The number of carbonyl (C=O) groups excluding carboxylic acids is 1. The summed E-state index contributed by atoms with van der Waals surface area (Å²) in [4.78, 5) is 36.7. The molecule has 3 rings (SSSR count). The molecule has 1 amide bonds. The van der Waals surface area contributed by atoms with Crippen LogP contribution in [-0.4, -0.2) is 41.7 Å². The second-order valence-electron chi connectivity index (χ2n) is 4.81. The fourth-order valence-electron chi connectivity index (χ4n) is 2.30. The second kappa shape index (κ2) is 5.99. The molecule has 3 aromatic rings. The number of hydrazine groups is 1. The van der Waals surface area contributed by atoms with Gasteiger partial charge in [-0.05, 0) is 0 Å². The molecule has 0 fully saturated rings. The highest BCUT2D eigenvalue weighted by Gasteiger charge is 2.25. The molecule has 0 spiro atoms. The fourth-order valence-corrected chi connectivity index (χ4v) is 2.87. The summed E-state index contributed by atoms with van der Waals surface area (Å²) in [6.45, 7) is -0.236. The predicted molar refractivity (Wildman–Crippen MR) is 87.4 cm³/mol. The molecule has 0 radical (unpaired) electrons. The molecule has 0 saturated carbocycles. The number of aliphatic hydroxyl groups excluding tert-OH is 1. The number of amides is 1. The lowest BCUT2D eigenvalue weighted by Crippen LogP contribution is -2.38. The van der Waals surface area contributed by atoms with E-state index in [1.54, 1.807) is 5.38 Å². The molecule has 5 N–H and O–H groups in total. The van der Waals surface area contributed by atoms with E-state index in [0.717, 1.165) is 16.3 Å². The molecule has 126 valence electrons. The molecular formula is C12H14N8O3S. The van der Waals surface area contributed by atoms with Gasteiger partial charge in [0.05, 0.1) is 13.2 Å². The first-order valence-electron chi connectivity index (χ1n) is 6.78. The van der Waals surface area contributed by atoms with Crippen molar-refractivity contribution < 1.29 is 9.90 Å². The molecule has 0 bridgehead atoms. The average Bonchev–Trinajstić information content (AvgIpc) is 3.17. The van der Waals surface area contributed by atoms with Crippen molar-refractivity contribution in [3.8, 4) is 0 Å². The largest absolute Gasteiger partial charge is 0.395 e. The Morgan fingerprint density at radius 2 is 2.21 bits per heavy atom. The zero-order chi connectivity index (χ0) is 17.4. The van der Waals surface area contributed by atoms with Crippen molar-refractivity contribution in [1.82, 2.24) is 24.1 Å². The van der Waals surface area contributed by atoms with Crippen LogP contribution < -0.4 is 22.3 Å². The van der Waals surface area contributed by atoms with E-state index >= 15 is 0 Å². The first kappa shape index (κ1) is 16.0. The van der Waals surface area contributed by atoms with Crippen molar-refractivity contribution in [2.75, 3.05) is 17.3 Å². The Labute approximate surface area is 138 Å². The normalized spacial score (nSPS) is 11.1. The first-order chi connectivity index (χ1) is 11.5. The fraction of sp³-hybridized carbons (Fsp3) is 0.250. The van der Waals surface area contributed by atoms with Crippen LogP contribution in [0.1, 0.15) is 9.80 Å². The van der Waals surface area contributed by atoms with Gasteiger partial charge in [0.2, 0.25) is 5.95 Å². The van der Waals surface area contributed by atoms with Crippen molar-refractivity contribution in [3.05, 3.63) is 27.1 Å². The summed E-state index contributed by atoms with van der Waals surface area (Å²) in [5.74, 6) is 5.13. The number of hydrogen-bond acceptors (Lipinski definition) is 9. The lowest BCUT2D eigenvalue weighted by molar-refractivity contribution is 0.0986. The van der Waals surface area contributed by atoms with Crippen molar-refractivity contribution in [1.29, 1.82) is 0 Å². The number of nitrogens with zero attached hydrogens (tertiary/aromatic N) is 6. The lowest BCUT2D eigenvalue weighted by Gasteiger charge is -2.15. The summed E-state index contributed by atoms with van der Waals surface area (Å²) in [5, 5.41) is 11.7. The zero-order valence-corrected chi connectivity index (χ0v) is 13.4. The summed E-state index contributed by atoms with van der Waals surface area (Å²) in [5.41, 5.74) is 5.67. The number of aromatic nitrogens is 5. The van der Waals surface area contributed by atoms with Crippen LogP contribution in [0, 0.1) is 0 Å². The number of nitrogens with two attached hydrogens (primary N) is 2. The third-order valence-electron chi connectivity index (χ3n) is 3.36. The maximum atomic E-state index is 12.4. The minimum atomic E-state index is -0.591. The van der Waals surface area contributed by atoms with E-state index in [2.05, 4.69) is 15.0 Å². The monoisotopic (exact) mass is 350 g/mol. The van der Waals surface area contributed by atoms with E-state index in [1.807, 2.05) is 0 Å². The van der Waals surface area contributed by atoms with Gasteiger partial charge >= 0.3 is 11.6 Å². The highest BCUT2D eigenvalue weighted by atomic mass is 32.1. The average molecular weight is 350 g/mol. The van der Waals surface area contributed by atoms with Crippen LogP contribution in [0.4, 0.5) is 11.8 Å². The van der Waals surface area contributed by atoms with Crippen LogP contribution >= 0.6 is 11.3 Å². The number of anilines is 2. The maximum absolute atomic E-state index is 12.4. The van der Waals surface area contributed by atoms with Crippen LogP contribution in [-0.2, 0) is 13.6 Å². The number of rotatable bonds is 4. The molecule has 0 aliphatic rings. The number of imidazole rings is 1.